The molecule has 0 saturated heterocycles. The van der Waals surface area contributed by atoms with Crippen molar-refractivity contribution in [2.24, 2.45) is 0 Å². The van der Waals surface area contributed by atoms with Crippen molar-refractivity contribution in [3.05, 3.63) is 72.1 Å². The van der Waals surface area contributed by atoms with Crippen LogP contribution >= 0.6 is 0 Å². The van der Waals surface area contributed by atoms with Gasteiger partial charge < -0.3 is 20.1 Å². The van der Waals surface area contributed by atoms with Gasteiger partial charge in [-0.1, -0.05) is 31.4 Å². The maximum absolute atomic E-state index is 13.0. The largest absolute Gasteiger partial charge is 0.490 e. The molecule has 2 aliphatic heterocycles. The molecule has 0 unspecified atom stereocenters. The van der Waals surface area contributed by atoms with Crippen LogP contribution in [0.5, 0.6) is 5.75 Å². The second kappa shape index (κ2) is 7.98. The molecule has 31 heavy (non-hydrogen) atoms. The van der Waals surface area contributed by atoms with Gasteiger partial charge >= 0.3 is 5.97 Å². The van der Waals surface area contributed by atoms with Crippen LogP contribution in [0, 0.1) is 0 Å². The highest BCUT2D eigenvalue weighted by Gasteiger charge is 2.33. The van der Waals surface area contributed by atoms with Gasteiger partial charge in [-0.3, -0.25) is 14.5 Å². The lowest BCUT2D eigenvalue weighted by atomic mass is 9.96. The van der Waals surface area contributed by atoms with E-state index in [0.717, 1.165) is 34.7 Å². The molecule has 2 aromatic rings. The van der Waals surface area contributed by atoms with Crippen LogP contribution in [0.25, 0.3) is 11.1 Å². The van der Waals surface area contributed by atoms with E-state index in [0.29, 0.717) is 12.2 Å². The van der Waals surface area contributed by atoms with Crippen molar-refractivity contribution in [1.82, 2.24) is 10.2 Å². The molecule has 0 aliphatic carbocycles. The van der Waals surface area contributed by atoms with E-state index in [9.17, 15) is 14.4 Å². The van der Waals surface area contributed by atoms with Gasteiger partial charge in [-0.15, -0.1) is 0 Å². The maximum atomic E-state index is 13.0. The Kier molecular flexibility index (Phi) is 5.21. The van der Waals surface area contributed by atoms with E-state index in [2.05, 4.69) is 28.5 Å². The summed E-state index contributed by atoms with van der Waals surface area (Å²) >= 11 is 0. The number of hydrogen-bond acceptors (Lipinski definition) is 6. The molecule has 4 rings (SSSR count). The number of carbonyl (C=O) groups excluding carboxylic acids is 3. The molecular formula is C23H21N3O5. The third-order valence-electron chi connectivity index (χ3n) is 5.22. The number of rotatable bonds is 5. The summed E-state index contributed by atoms with van der Waals surface area (Å²) in [4.78, 5) is 38.2. The van der Waals surface area contributed by atoms with E-state index in [-0.39, 0.29) is 23.8 Å². The molecule has 2 aliphatic rings. The van der Waals surface area contributed by atoms with Crippen molar-refractivity contribution in [2.75, 3.05) is 25.6 Å². The van der Waals surface area contributed by atoms with Gasteiger partial charge in [-0.05, 0) is 34.9 Å². The summed E-state index contributed by atoms with van der Waals surface area (Å²) in [6.07, 6.45) is 0. The minimum atomic E-state index is -0.774. The molecule has 2 aromatic carbocycles. The first-order valence-electron chi connectivity index (χ1n) is 9.63. The van der Waals surface area contributed by atoms with Gasteiger partial charge in [-0.2, -0.15) is 0 Å². The fourth-order valence-electron chi connectivity index (χ4n) is 3.63. The highest BCUT2D eigenvalue weighted by Crippen LogP contribution is 2.38. The van der Waals surface area contributed by atoms with Crippen molar-refractivity contribution in [2.45, 2.75) is 6.54 Å². The van der Waals surface area contributed by atoms with Crippen LogP contribution in [0.1, 0.15) is 15.9 Å². The number of amides is 2. The molecule has 0 spiro atoms. The minimum Gasteiger partial charge on any atom is -0.490 e. The van der Waals surface area contributed by atoms with Gasteiger partial charge in [0.25, 0.3) is 11.8 Å². The Hall–Kier alpha value is -4.07. The van der Waals surface area contributed by atoms with Gasteiger partial charge in [0.2, 0.25) is 0 Å². The highest BCUT2D eigenvalue weighted by molar-refractivity contribution is 6.07. The Morgan fingerprint density at radius 1 is 1.19 bits per heavy atom. The lowest BCUT2D eigenvalue weighted by molar-refractivity contribution is -0.137. The first kappa shape index (κ1) is 20.2. The van der Waals surface area contributed by atoms with Crippen molar-refractivity contribution < 1.29 is 23.9 Å². The molecular weight excluding hydrogens is 398 g/mol. The number of anilines is 1. The van der Waals surface area contributed by atoms with Crippen LogP contribution in [0.3, 0.4) is 0 Å². The molecule has 0 aromatic heterocycles. The molecule has 2 amide bonds. The van der Waals surface area contributed by atoms with Crippen LogP contribution in [-0.2, 0) is 20.9 Å². The van der Waals surface area contributed by atoms with E-state index in [1.807, 2.05) is 24.3 Å². The number of hydrogen-bond donors (Lipinski definition) is 2. The summed E-state index contributed by atoms with van der Waals surface area (Å²) in [5, 5.41) is 5.59. The van der Waals surface area contributed by atoms with Crippen molar-refractivity contribution in [3.63, 3.8) is 0 Å². The molecule has 2 heterocycles. The molecule has 2 N–H and O–H groups in total. The summed E-state index contributed by atoms with van der Waals surface area (Å²) in [6.45, 7) is 8.71. The Morgan fingerprint density at radius 3 is 2.74 bits per heavy atom. The van der Waals surface area contributed by atoms with Crippen LogP contribution in [0.15, 0.2) is 61.0 Å². The number of ether oxygens (including phenoxy) is 2. The smallest absolute Gasteiger partial charge is 0.353 e. The first-order valence-corrected chi connectivity index (χ1v) is 9.63. The van der Waals surface area contributed by atoms with Gasteiger partial charge in [-0.25, -0.2) is 4.79 Å². The van der Waals surface area contributed by atoms with Gasteiger partial charge in [0.05, 0.1) is 19.3 Å². The molecule has 0 atom stereocenters. The second-order valence-electron chi connectivity index (χ2n) is 7.08. The molecule has 8 heteroatoms. The minimum absolute atomic E-state index is 0.0878. The average molecular weight is 419 g/mol. The zero-order valence-electron chi connectivity index (χ0n) is 17.0. The number of benzene rings is 2. The predicted molar refractivity (Wildman–Crippen MR) is 114 cm³/mol. The third kappa shape index (κ3) is 3.63. The number of esters is 1. The Balaban J connectivity index is 1.60. The molecule has 0 bridgehead atoms. The van der Waals surface area contributed by atoms with Gasteiger partial charge in [0.1, 0.15) is 23.8 Å². The van der Waals surface area contributed by atoms with Crippen LogP contribution < -0.4 is 15.4 Å². The van der Waals surface area contributed by atoms with E-state index < -0.39 is 11.9 Å². The first-order chi connectivity index (χ1) is 14.9. The topological polar surface area (TPSA) is 97.0 Å². The number of methoxy groups -OCH3 is 1. The summed E-state index contributed by atoms with van der Waals surface area (Å²) in [6, 6.07) is 11.3. The summed E-state index contributed by atoms with van der Waals surface area (Å²) in [5.74, 6) is -1.06. The number of nitrogens with zero attached hydrogens (tertiary/aromatic N) is 1. The number of nitrogens with one attached hydrogen (secondary N) is 2. The standard InChI is InChI=1S/C23H21N3O5/c1-13(23(29)30-3)25-21(27)14(2)26-12-18-16(5-4-6-17(18)22(26)28)15-7-8-19-20(11-15)31-10-9-24-19/h4-8,11,24H,1-2,9-10,12H2,3H3,(H,25,27). The fourth-order valence-corrected chi connectivity index (χ4v) is 3.63. The van der Waals surface area contributed by atoms with Gasteiger partial charge in [0, 0.05) is 12.1 Å². The van der Waals surface area contributed by atoms with E-state index in [4.69, 9.17) is 4.74 Å². The van der Waals surface area contributed by atoms with Crippen molar-refractivity contribution >= 4 is 23.5 Å². The quantitative estimate of drug-likeness (QED) is 0.571. The SMILES string of the molecule is C=C(NC(=O)C(=C)N1Cc2c(cccc2-c2ccc3c(c2)OCCN3)C1=O)C(=O)OC. The zero-order chi connectivity index (χ0) is 22.1. The van der Waals surface area contributed by atoms with Crippen LogP contribution in [0.2, 0.25) is 0 Å². The van der Waals surface area contributed by atoms with Gasteiger partial charge in [0.15, 0.2) is 0 Å². The van der Waals surface area contributed by atoms with E-state index >= 15 is 0 Å². The second-order valence-corrected chi connectivity index (χ2v) is 7.08. The number of carbonyl (C=O) groups is 3. The Bertz CT molecular complexity index is 1140. The Labute approximate surface area is 179 Å². The molecule has 0 fully saturated rings. The molecule has 0 saturated carbocycles. The fraction of sp³-hybridized carbons (Fsp3) is 0.174. The average Bonchev–Trinajstić information content (AvgIpc) is 3.14. The summed E-state index contributed by atoms with van der Waals surface area (Å²) in [5.41, 5.74) is 3.67. The zero-order valence-corrected chi connectivity index (χ0v) is 17.0. The summed E-state index contributed by atoms with van der Waals surface area (Å²) in [7, 11) is 1.18. The Morgan fingerprint density at radius 2 is 1.97 bits per heavy atom. The lowest BCUT2D eigenvalue weighted by Gasteiger charge is -2.20. The lowest BCUT2D eigenvalue weighted by Crippen LogP contribution is -2.36. The maximum Gasteiger partial charge on any atom is 0.353 e. The van der Waals surface area contributed by atoms with Crippen molar-refractivity contribution in [1.29, 1.82) is 0 Å². The normalized spacial score (nSPS) is 14.0. The molecule has 0 radical (unpaired) electrons. The molecule has 158 valence electrons. The molecule has 8 nitrogen and oxygen atoms in total. The highest BCUT2D eigenvalue weighted by atomic mass is 16.5. The van der Waals surface area contributed by atoms with E-state index in [1.165, 1.54) is 12.0 Å². The monoisotopic (exact) mass is 419 g/mol. The number of fused-ring (bicyclic) bond motifs is 2. The van der Waals surface area contributed by atoms with Crippen LogP contribution in [-0.4, -0.2) is 42.9 Å². The summed E-state index contributed by atoms with van der Waals surface area (Å²) < 4.78 is 10.2. The van der Waals surface area contributed by atoms with Crippen molar-refractivity contribution in [3.8, 4) is 16.9 Å². The predicted octanol–water partition coefficient (Wildman–Crippen LogP) is 2.43. The van der Waals surface area contributed by atoms with Crippen LogP contribution in [0.4, 0.5) is 5.69 Å². The van der Waals surface area contributed by atoms with E-state index in [1.54, 1.807) is 12.1 Å². The third-order valence-corrected chi connectivity index (χ3v) is 5.22.